The topological polar surface area (TPSA) is 110 Å². The van der Waals surface area contributed by atoms with Crippen LogP contribution in [0.5, 0.6) is 5.75 Å². The highest BCUT2D eigenvalue weighted by Gasteiger charge is 2.23. The van der Waals surface area contributed by atoms with Gasteiger partial charge in [0.1, 0.15) is 12.4 Å². The number of aromatic nitrogens is 2. The van der Waals surface area contributed by atoms with Gasteiger partial charge >= 0.3 is 0 Å². The number of hydrogen-bond donors (Lipinski definition) is 2. The Labute approximate surface area is 144 Å². The molecule has 2 aromatic rings. The molecule has 0 saturated carbocycles. The Bertz CT molecular complexity index is 777. The highest BCUT2D eigenvalue weighted by atomic mass is 32.2. The molecular weight excluding hydrogens is 352 g/mol. The molecule has 24 heavy (non-hydrogen) atoms. The number of sulfonamides is 1. The van der Waals surface area contributed by atoms with Crippen LogP contribution in [0.2, 0.25) is 0 Å². The molecule has 0 fully saturated rings. The largest absolute Gasteiger partial charge is 0.492 e. The van der Waals surface area contributed by atoms with Gasteiger partial charge in [-0.05, 0) is 19.1 Å². The second-order valence-electron chi connectivity index (χ2n) is 4.92. The van der Waals surface area contributed by atoms with E-state index in [-0.39, 0.29) is 28.4 Å². The summed E-state index contributed by atoms with van der Waals surface area (Å²) in [4.78, 5) is 11.3. The first kappa shape index (κ1) is 18.3. The summed E-state index contributed by atoms with van der Waals surface area (Å²) in [6.07, 6.45) is 0.272. The van der Waals surface area contributed by atoms with Crippen LogP contribution in [-0.2, 0) is 14.8 Å². The zero-order valence-electron chi connectivity index (χ0n) is 13.2. The highest BCUT2D eigenvalue weighted by molar-refractivity contribution is 7.91. The fraction of sp³-hybridized carbons (Fsp3) is 0.357. The van der Waals surface area contributed by atoms with Crippen molar-refractivity contribution in [3.05, 3.63) is 30.3 Å². The van der Waals surface area contributed by atoms with Gasteiger partial charge in [-0.3, -0.25) is 4.79 Å². The Morgan fingerprint density at radius 3 is 2.67 bits per heavy atom. The van der Waals surface area contributed by atoms with Crippen molar-refractivity contribution in [2.75, 3.05) is 11.9 Å². The molecule has 0 aliphatic rings. The van der Waals surface area contributed by atoms with E-state index in [0.29, 0.717) is 5.75 Å². The number of hydrogen-bond acceptors (Lipinski definition) is 7. The van der Waals surface area contributed by atoms with Gasteiger partial charge in [0.15, 0.2) is 0 Å². The lowest BCUT2D eigenvalue weighted by molar-refractivity contribution is -0.115. The van der Waals surface area contributed by atoms with Crippen molar-refractivity contribution >= 4 is 32.4 Å². The molecule has 2 N–H and O–H groups in total. The molecule has 1 unspecified atom stereocenters. The third kappa shape index (κ3) is 5.25. The molecule has 1 aromatic carbocycles. The Kier molecular flexibility index (Phi) is 6.23. The van der Waals surface area contributed by atoms with E-state index >= 15 is 0 Å². The van der Waals surface area contributed by atoms with Gasteiger partial charge in [0.05, 0.1) is 6.04 Å². The Balaban J connectivity index is 1.93. The third-order valence-electron chi connectivity index (χ3n) is 2.80. The number of nitrogens with zero attached hydrogens (tertiary/aromatic N) is 2. The van der Waals surface area contributed by atoms with Gasteiger partial charge in [0, 0.05) is 6.42 Å². The maximum Gasteiger partial charge on any atom is 0.270 e. The molecule has 8 nitrogen and oxygen atoms in total. The molecule has 0 radical (unpaired) electrons. The van der Waals surface area contributed by atoms with Gasteiger partial charge in [0.25, 0.3) is 10.0 Å². The van der Waals surface area contributed by atoms with Crippen molar-refractivity contribution in [1.82, 2.24) is 14.9 Å². The summed E-state index contributed by atoms with van der Waals surface area (Å²) in [5.41, 5.74) is 0. The van der Waals surface area contributed by atoms with E-state index in [0.717, 1.165) is 11.3 Å². The minimum Gasteiger partial charge on any atom is -0.492 e. The van der Waals surface area contributed by atoms with Crippen LogP contribution in [0.25, 0.3) is 0 Å². The molecule has 1 atom stereocenters. The van der Waals surface area contributed by atoms with Crippen molar-refractivity contribution in [2.24, 2.45) is 0 Å². The standard InChI is InChI=1S/C14H18N4O4S2/c1-3-12(19)15-13-16-17-14(23-13)24(20,21)18-10(2)9-22-11-7-5-4-6-8-11/h4-8,10,18H,3,9H2,1-2H3,(H,15,16,19). The first-order chi connectivity index (χ1) is 11.4. The molecule has 0 saturated heterocycles. The number of carbonyl (C=O) groups is 1. The van der Waals surface area contributed by atoms with Crippen molar-refractivity contribution in [1.29, 1.82) is 0 Å². The van der Waals surface area contributed by atoms with E-state index in [9.17, 15) is 13.2 Å². The number of ether oxygens (including phenoxy) is 1. The van der Waals surface area contributed by atoms with E-state index in [4.69, 9.17) is 4.74 Å². The summed E-state index contributed by atoms with van der Waals surface area (Å²) in [6, 6.07) is 8.63. The van der Waals surface area contributed by atoms with Gasteiger partial charge in [-0.25, -0.2) is 13.1 Å². The van der Waals surface area contributed by atoms with Crippen LogP contribution < -0.4 is 14.8 Å². The summed E-state index contributed by atoms with van der Waals surface area (Å²) in [7, 11) is -3.82. The molecule has 1 heterocycles. The maximum atomic E-state index is 12.3. The fourth-order valence-corrected chi connectivity index (χ4v) is 3.82. The quantitative estimate of drug-likeness (QED) is 0.684. The third-order valence-corrected chi connectivity index (χ3v) is 5.60. The average Bonchev–Trinajstić information content (AvgIpc) is 3.03. The maximum absolute atomic E-state index is 12.3. The van der Waals surface area contributed by atoms with E-state index in [2.05, 4.69) is 20.2 Å². The Morgan fingerprint density at radius 2 is 2.00 bits per heavy atom. The monoisotopic (exact) mass is 370 g/mol. The highest BCUT2D eigenvalue weighted by Crippen LogP contribution is 2.20. The van der Waals surface area contributed by atoms with E-state index in [1.807, 2.05) is 18.2 Å². The van der Waals surface area contributed by atoms with Crippen molar-refractivity contribution in [3.63, 3.8) is 0 Å². The lowest BCUT2D eigenvalue weighted by Crippen LogP contribution is -2.36. The minimum atomic E-state index is -3.82. The van der Waals surface area contributed by atoms with Crippen molar-refractivity contribution in [2.45, 2.75) is 30.6 Å². The van der Waals surface area contributed by atoms with Crippen molar-refractivity contribution < 1.29 is 17.9 Å². The molecule has 0 bridgehead atoms. The van der Waals surface area contributed by atoms with Crippen LogP contribution in [0.4, 0.5) is 5.13 Å². The van der Waals surface area contributed by atoms with Crippen molar-refractivity contribution in [3.8, 4) is 5.75 Å². The van der Waals surface area contributed by atoms with Crippen LogP contribution in [-0.4, -0.2) is 37.2 Å². The smallest absolute Gasteiger partial charge is 0.270 e. The molecular formula is C14H18N4O4S2. The number of para-hydroxylation sites is 1. The molecule has 1 amide bonds. The number of rotatable bonds is 8. The van der Waals surface area contributed by atoms with E-state index in [1.165, 1.54) is 0 Å². The normalized spacial score (nSPS) is 12.6. The fourth-order valence-electron chi connectivity index (χ4n) is 1.66. The predicted octanol–water partition coefficient (Wildman–Crippen LogP) is 1.63. The zero-order valence-corrected chi connectivity index (χ0v) is 14.9. The number of benzene rings is 1. The van der Waals surface area contributed by atoms with Gasteiger partial charge in [-0.2, -0.15) is 0 Å². The molecule has 10 heteroatoms. The van der Waals surface area contributed by atoms with Crippen LogP contribution in [0.1, 0.15) is 20.3 Å². The van der Waals surface area contributed by atoms with Crippen LogP contribution in [0.3, 0.4) is 0 Å². The second-order valence-corrected chi connectivity index (χ2v) is 7.79. The SMILES string of the molecule is CCC(=O)Nc1nnc(S(=O)(=O)NC(C)COc2ccccc2)s1. The van der Waals surface area contributed by atoms with Crippen LogP contribution in [0.15, 0.2) is 34.7 Å². The summed E-state index contributed by atoms with van der Waals surface area (Å²) in [5.74, 6) is 0.400. The molecule has 0 spiro atoms. The number of nitrogens with one attached hydrogen (secondary N) is 2. The average molecular weight is 370 g/mol. The van der Waals surface area contributed by atoms with E-state index < -0.39 is 16.1 Å². The molecule has 0 aliphatic carbocycles. The first-order valence-electron chi connectivity index (χ1n) is 7.24. The summed E-state index contributed by atoms with van der Waals surface area (Å²) < 4.78 is 32.3. The zero-order chi connectivity index (χ0) is 17.6. The summed E-state index contributed by atoms with van der Waals surface area (Å²) in [5, 5.41) is 9.89. The van der Waals surface area contributed by atoms with Gasteiger partial charge in [-0.1, -0.05) is 36.5 Å². The number of amides is 1. The van der Waals surface area contributed by atoms with E-state index in [1.54, 1.807) is 26.0 Å². The predicted molar refractivity (Wildman–Crippen MR) is 90.6 cm³/mol. The summed E-state index contributed by atoms with van der Waals surface area (Å²) >= 11 is 0.795. The van der Waals surface area contributed by atoms with Crippen LogP contribution in [0, 0.1) is 0 Å². The number of carbonyl (C=O) groups excluding carboxylic acids is 1. The summed E-state index contributed by atoms with van der Waals surface area (Å²) in [6.45, 7) is 3.53. The lowest BCUT2D eigenvalue weighted by atomic mass is 10.3. The molecule has 1 aromatic heterocycles. The second kappa shape index (κ2) is 8.18. The molecule has 2 rings (SSSR count). The Hall–Kier alpha value is -2.04. The first-order valence-corrected chi connectivity index (χ1v) is 9.54. The van der Waals surface area contributed by atoms with Gasteiger partial charge < -0.3 is 10.1 Å². The lowest BCUT2D eigenvalue weighted by Gasteiger charge is -2.13. The van der Waals surface area contributed by atoms with Crippen LogP contribution >= 0.6 is 11.3 Å². The van der Waals surface area contributed by atoms with Gasteiger partial charge in [0.2, 0.25) is 15.4 Å². The Morgan fingerprint density at radius 1 is 1.29 bits per heavy atom. The molecule has 130 valence electrons. The van der Waals surface area contributed by atoms with Gasteiger partial charge in [-0.15, -0.1) is 10.2 Å². The molecule has 0 aliphatic heterocycles. The minimum absolute atomic E-state index is 0.149. The number of anilines is 1.